The van der Waals surface area contributed by atoms with Gasteiger partial charge in [-0.25, -0.2) is 0 Å². The second-order valence-electron chi connectivity index (χ2n) is 5.47. The third-order valence-electron chi connectivity index (χ3n) is 3.98. The Morgan fingerprint density at radius 1 is 1.25 bits per heavy atom. The van der Waals surface area contributed by atoms with E-state index in [0.29, 0.717) is 12.4 Å². The summed E-state index contributed by atoms with van der Waals surface area (Å²) in [7, 11) is 0. The van der Waals surface area contributed by atoms with E-state index in [2.05, 4.69) is 20.9 Å². The Bertz CT molecular complexity index is 876. The average Bonchev–Trinajstić information content (AvgIpc) is 2.98. The molecule has 0 bridgehead atoms. The first kappa shape index (κ1) is 16.5. The summed E-state index contributed by atoms with van der Waals surface area (Å²) in [6.45, 7) is 2.21. The van der Waals surface area contributed by atoms with Gasteiger partial charge in [0.05, 0.1) is 12.5 Å². The molecule has 3 rings (SSSR count). The normalized spacial score (nSPS) is 12.2. The fourth-order valence-corrected chi connectivity index (χ4v) is 3.35. The number of para-hydroxylation sites is 1. The predicted octanol–water partition coefficient (Wildman–Crippen LogP) is 4.74. The maximum absolute atomic E-state index is 11.3. The highest BCUT2D eigenvalue weighted by Crippen LogP contribution is 2.37. The summed E-state index contributed by atoms with van der Waals surface area (Å²) in [5.41, 5.74) is 2.68. The van der Waals surface area contributed by atoms with Crippen molar-refractivity contribution in [1.82, 2.24) is 4.98 Å². The van der Waals surface area contributed by atoms with Gasteiger partial charge in [0.2, 0.25) is 6.54 Å². The number of nitrogens with one attached hydrogen (secondary N) is 1. The number of rotatable bonds is 6. The first-order valence-corrected chi connectivity index (χ1v) is 8.49. The van der Waals surface area contributed by atoms with Crippen molar-refractivity contribution >= 4 is 26.8 Å². The molecule has 0 saturated heterocycles. The van der Waals surface area contributed by atoms with Gasteiger partial charge in [-0.3, -0.25) is 10.1 Å². The number of nitrogens with zero attached hydrogens (tertiary/aromatic N) is 1. The van der Waals surface area contributed by atoms with Crippen molar-refractivity contribution in [2.45, 2.75) is 12.8 Å². The maximum Gasteiger partial charge on any atom is 0.214 e. The van der Waals surface area contributed by atoms with Gasteiger partial charge in [-0.2, -0.15) is 0 Å². The molecule has 0 aliphatic carbocycles. The highest BCUT2D eigenvalue weighted by Gasteiger charge is 2.26. The minimum atomic E-state index is -0.393. The van der Waals surface area contributed by atoms with Gasteiger partial charge in [0.1, 0.15) is 5.75 Å². The zero-order chi connectivity index (χ0) is 17.1. The topological polar surface area (TPSA) is 68.2 Å². The molecule has 1 atom stereocenters. The van der Waals surface area contributed by atoms with Crippen LogP contribution in [0.1, 0.15) is 24.0 Å². The minimum Gasteiger partial charge on any atom is -0.494 e. The van der Waals surface area contributed by atoms with Crippen molar-refractivity contribution in [1.29, 1.82) is 0 Å². The lowest BCUT2D eigenvalue weighted by Crippen LogP contribution is -2.15. The molecule has 0 radical (unpaired) electrons. The summed E-state index contributed by atoms with van der Waals surface area (Å²) in [5.74, 6) is 0.285. The molecule has 0 saturated carbocycles. The van der Waals surface area contributed by atoms with Crippen LogP contribution in [0.3, 0.4) is 0 Å². The summed E-state index contributed by atoms with van der Waals surface area (Å²) in [6.07, 6.45) is 1.86. The number of benzene rings is 2. The lowest BCUT2D eigenvalue weighted by atomic mass is 9.90. The number of H-pyrrole nitrogens is 1. The van der Waals surface area contributed by atoms with Crippen LogP contribution in [0.15, 0.2) is 53.1 Å². The smallest absolute Gasteiger partial charge is 0.214 e. The molecule has 1 aromatic heterocycles. The van der Waals surface area contributed by atoms with Crippen molar-refractivity contribution in [2.75, 3.05) is 13.2 Å². The number of halogens is 1. The Morgan fingerprint density at radius 2 is 2.04 bits per heavy atom. The molecule has 0 unspecified atom stereocenters. The minimum absolute atomic E-state index is 0.196. The quantitative estimate of drug-likeness (QED) is 0.489. The second-order valence-corrected chi connectivity index (χ2v) is 6.39. The van der Waals surface area contributed by atoms with E-state index in [-0.39, 0.29) is 11.5 Å². The number of fused-ring (bicyclic) bond motifs is 1. The van der Waals surface area contributed by atoms with Crippen molar-refractivity contribution in [2.24, 2.45) is 0 Å². The fourth-order valence-electron chi connectivity index (χ4n) is 2.97. The molecule has 3 aromatic rings. The molecule has 2 aromatic carbocycles. The van der Waals surface area contributed by atoms with E-state index in [4.69, 9.17) is 4.74 Å². The third kappa shape index (κ3) is 3.28. The van der Waals surface area contributed by atoms with E-state index >= 15 is 0 Å². The molecule has 0 fully saturated rings. The highest BCUT2D eigenvalue weighted by molar-refractivity contribution is 9.10. The van der Waals surface area contributed by atoms with Crippen molar-refractivity contribution in [3.8, 4) is 5.75 Å². The van der Waals surface area contributed by atoms with E-state index < -0.39 is 5.92 Å². The SMILES string of the molecule is CCOc1ccc(Br)cc1[C@H](C[N+](=O)[O-])c1c[nH]c2ccccc12. The standard InChI is InChI=1S/C18H17BrN2O3/c1-2-24-18-8-7-12(19)9-14(18)16(11-21(22)23)15-10-20-17-6-4-3-5-13(15)17/h3-10,16,20H,2,11H2,1H3/t16-/m0/s1. The summed E-state index contributed by atoms with van der Waals surface area (Å²) < 4.78 is 6.58. The Kier molecular flexibility index (Phi) is 4.85. The Labute approximate surface area is 147 Å². The largest absolute Gasteiger partial charge is 0.494 e. The van der Waals surface area contributed by atoms with Gasteiger partial charge >= 0.3 is 0 Å². The van der Waals surface area contributed by atoms with Crippen molar-refractivity contribution in [3.63, 3.8) is 0 Å². The monoisotopic (exact) mass is 388 g/mol. The molecule has 24 heavy (non-hydrogen) atoms. The molecule has 0 spiro atoms. The molecule has 0 aliphatic rings. The first-order valence-electron chi connectivity index (χ1n) is 7.70. The van der Waals surface area contributed by atoms with E-state index in [1.807, 2.05) is 55.6 Å². The van der Waals surface area contributed by atoms with Crippen LogP contribution in [0, 0.1) is 10.1 Å². The van der Waals surface area contributed by atoms with Crippen LogP contribution in [0.25, 0.3) is 10.9 Å². The van der Waals surface area contributed by atoms with E-state index in [1.54, 1.807) is 0 Å². The van der Waals surface area contributed by atoms with Crippen LogP contribution < -0.4 is 4.74 Å². The highest BCUT2D eigenvalue weighted by atomic mass is 79.9. The lowest BCUT2D eigenvalue weighted by Gasteiger charge is -2.17. The van der Waals surface area contributed by atoms with Gasteiger partial charge in [-0.15, -0.1) is 0 Å². The third-order valence-corrected chi connectivity index (χ3v) is 4.47. The molecule has 1 N–H and O–H groups in total. The molecular formula is C18H17BrN2O3. The van der Waals surface area contributed by atoms with Crippen LogP contribution in [0.2, 0.25) is 0 Å². The van der Waals surface area contributed by atoms with E-state index in [0.717, 1.165) is 26.5 Å². The molecule has 6 heteroatoms. The van der Waals surface area contributed by atoms with Gasteiger partial charge in [-0.1, -0.05) is 34.1 Å². The molecule has 1 heterocycles. The molecule has 5 nitrogen and oxygen atoms in total. The van der Waals surface area contributed by atoms with Gasteiger partial charge in [0.15, 0.2) is 0 Å². The van der Waals surface area contributed by atoms with Crippen LogP contribution in [0.4, 0.5) is 0 Å². The van der Waals surface area contributed by atoms with Gasteiger partial charge in [0, 0.05) is 32.1 Å². The van der Waals surface area contributed by atoms with Crippen LogP contribution >= 0.6 is 15.9 Å². The average molecular weight is 389 g/mol. The molecule has 0 amide bonds. The van der Waals surface area contributed by atoms with Crippen LogP contribution in [0.5, 0.6) is 5.75 Å². The van der Waals surface area contributed by atoms with Gasteiger partial charge in [0.25, 0.3) is 0 Å². The number of ether oxygens (including phenoxy) is 1. The van der Waals surface area contributed by atoms with Crippen LogP contribution in [-0.2, 0) is 0 Å². The van der Waals surface area contributed by atoms with Gasteiger partial charge < -0.3 is 9.72 Å². The maximum atomic E-state index is 11.3. The zero-order valence-electron chi connectivity index (χ0n) is 13.2. The Balaban J connectivity index is 2.17. The van der Waals surface area contributed by atoms with Crippen LogP contribution in [-0.4, -0.2) is 23.1 Å². The predicted molar refractivity (Wildman–Crippen MR) is 97.3 cm³/mol. The summed E-state index contributed by atoms with van der Waals surface area (Å²) in [5, 5.41) is 12.3. The first-order chi connectivity index (χ1) is 11.6. The number of aromatic nitrogens is 1. The summed E-state index contributed by atoms with van der Waals surface area (Å²) in [4.78, 5) is 14.2. The number of hydrogen-bond acceptors (Lipinski definition) is 3. The Morgan fingerprint density at radius 3 is 2.79 bits per heavy atom. The molecular weight excluding hydrogens is 372 g/mol. The number of aromatic amines is 1. The number of hydrogen-bond donors (Lipinski definition) is 1. The van der Waals surface area contributed by atoms with Gasteiger partial charge in [-0.05, 0) is 36.8 Å². The van der Waals surface area contributed by atoms with Crippen molar-refractivity contribution in [3.05, 3.63) is 74.4 Å². The molecule has 124 valence electrons. The van der Waals surface area contributed by atoms with E-state index in [1.165, 1.54) is 0 Å². The fraction of sp³-hybridized carbons (Fsp3) is 0.222. The second kappa shape index (κ2) is 7.05. The summed E-state index contributed by atoms with van der Waals surface area (Å²) >= 11 is 3.46. The van der Waals surface area contributed by atoms with Crippen molar-refractivity contribution < 1.29 is 9.66 Å². The molecule has 0 aliphatic heterocycles. The lowest BCUT2D eigenvalue weighted by molar-refractivity contribution is -0.481. The summed E-state index contributed by atoms with van der Waals surface area (Å²) in [6, 6.07) is 13.5. The zero-order valence-corrected chi connectivity index (χ0v) is 14.7. The number of nitro groups is 1. The van der Waals surface area contributed by atoms with E-state index in [9.17, 15) is 10.1 Å². The Hall–Kier alpha value is -2.34.